The Kier molecular flexibility index (Phi) is 8.60. The smallest absolute Gasteiger partial charge is 0.266 e. The normalized spacial score (nSPS) is 12.1. The number of rotatable bonds is 11. The van der Waals surface area contributed by atoms with Gasteiger partial charge in [0.1, 0.15) is 5.82 Å². The highest BCUT2D eigenvalue weighted by molar-refractivity contribution is 5.79. The van der Waals surface area contributed by atoms with Crippen molar-refractivity contribution in [2.75, 3.05) is 6.54 Å². The van der Waals surface area contributed by atoms with Crippen molar-refractivity contribution in [1.29, 1.82) is 0 Å². The SMILES string of the molecule is CCCCCCCCC(=O)N(CC)C(C)c1nc2ccccc2c(=O)n1-c1ccccc1. The van der Waals surface area contributed by atoms with Crippen molar-refractivity contribution < 1.29 is 4.79 Å². The number of aromatic nitrogens is 2. The molecule has 1 unspecified atom stereocenters. The standard InChI is InChI=1S/C27H35N3O2/c1-4-6-7-8-9-13-20-25(31)29(5-2)21(3)26-28-24-19-15-14-18-23(24)27(32)30(26)22-16-11-10-12-17-22/h10-12,14-19,21H,4-9,13,20H2,1-3H3. The van der Waals surface area contributed by atoms with E-state index in [0.29, 0.717) is 29.7 Å². The van der Waals surface area contributed by atoms with Crippen LogP contribution in [0.2, 0.25) is 0 Å². The number of carbonyl (C=O) groups excluding carboxylic acids is 1. The van der Waals surface area contributed by atoms with Crippen LogP contribution in [0.25, 0.3) is 16.6 Å². The largest absolute Gasteiger partial charge is 0.333 e. The van der Waals surface area contributed by atoms with Crippen molar-refractivity contribution in [2.45, 2.75) is 71.8 Å². The van der Waals surface area contributed by atoms with E-state index in [2.05, 4.69) is 6.92 Å². The minimum atomic E-state index is -0.315. The first-order valence-corrected chi connectivity index (χ1v) is 11.9. The summed E-state index contributed by atoms with van der Waals surface area (Å²) < 4.78 is 1.66. The minimum Gasteiger partial charge on any atom is -0.333 e. The topological polar surface area (TPSA) is 55.2 Å². The average molecular weight is 434 g/mol. The third-order valence-corrected chi connectivity index (χ3v) is 6.06. The summed E-state index contributed by atoms with van der Waals surface area (Å²) in [6, 6.07) is 16.6. The molecular weight excluding hydrogens is 398 g/mol. The molecule has 0 spiro atoms. The number of fused-ring (bicyclic) bond motifs is 1. The van der Waals surface area contributed by atoms with E-state index in [0.717, 1.165) is 18.5 Å². The highest BCUT2D eigenvalue weighted by atomic mass is 16.2. The number of hydrogen-bond donors (Lipinski definition) is 0. The van der Waals surface area contributed by atoms with Crippen LogP contribution in [0.15, 0.2) is 59.4 Å². The predicted octanol–water partition coefficient (Wildman–Crippen LogP) is 6.05. The fourth-order valence-electron chi connectivity index (χ4n) is 4.26. The van der Waals surface area contributed by atoms with Crippen LogP contribution in [0.4, 0.5) is 0 Å². The van der Waals surface area contributed by atoms with Crippen LogP contribution in [0.1, 0.15) is 77.6 Å². The van der Waals surface area contributed by atoms with Crippen molar-refractivity contribution in [3.05, 3.63) is 70.8 Å². The molecule has 5 heteroatoms. The maximum atomic E-state index is 13.5. The zero-order valence-corrected chi connectivity index (χ0v) is 19.6. The second kappa shape index (κ2) is 11.6. The van der Waals surface area contributed by atoms with Crippen LogP contribution in [-0.2, 0) is 4.79 Å². The van der Waals surface area contributed by atoms with Crippen LogP contribution in [0, 0.1) is 0 Å². The highest BCUT2D eigenvalue weighted by Gasteiger charge is 2.25. The number of nitrogens with zero attached hydrogens (tertiary/aromatic N) is 3. The molecule has 0 saturated heterocycles. The molecule has 1 amide bonds. The van der Waals surface area contributed by atoms with Gasteiger partial charge in [-0.25, -0.2) is 4.98 Å². The Labute approximate surface area is 191 Å². The molecule has 1 aromatic heterocycles. The van der Waals surface area contributed by atoms with Gasteiger partial charge in [-0.1, -0.05) is 69.4 Å². The van der Waals surface area contributed by atoms with Gasteiger partial charge in [-0.2, -0.15) is 0 Å². The predicted molar refractivity (Wildman–Crippen MR) is 131 cm³/mol. The number of para-hydroxylation sites is 2. The molecular formula is C27H35N3O2. The Balaban J connectivity index is 1.91. The maximum absolute atomic E-state index is 13.5. The molecule has 0 bridgehead atoms. The molecule has 0 N–H and O–H groups in total. The lowest BCUT2D eigenvalue weighted by molar-refractivity contribution is -0.133. The lowest BCUT2D eigenvalue weighted by Gasteiger charge is -2.29. The highest BCUT2D eigenvalue weighted by Crippen LogP contribution is 2.23. The van der Waals surface area contributed by atoms with Gasteiger partial charge in [0.15, 0.2) is 0 Å². The van der Waals surface area contributed by atoms with Crippen molar-refractivity contribution in [2.24, 2.45) is 0 Å². The molecule has 3 rings (SSSR count). The Morgan fingerprint density at radius 2 is 1.59 bits per heavy atom. The van der Waals surface area contributed by atoms with Crippen molar-refractivity contribution in [3.63, 3.8) is 0 Å². The van der Waals surface area contributed by atoms with Gasteiger partial charge in [-0.15, -0.1) is 0 Å². The van der Waals surface area contributed by atoms with Crippen LogP contribution >= 0.6 is 0 Å². The van der Waals surface area contributed by atoms with Crippen LogP contribution < -0.4 is 5.56 Å². The second-order valence-corrected chi connectivity index (χ2v) is 8.34. The summed E-state index contributed by atoms with van der Waals surface area (Å²) in [5.41, 5.74) is 1.31. The summed E-state index contributed by atoms with van der Waals surface area (Å²) in [5.74, 6) is 0.718. The molecule has 0 saturated carbocycles. The van der Waals surface area contributed by atoms with Gasteiger partial charge in [0, 0.05) is 13.0 Å². The molecule has 1 atom stereocenters. The summed E-state index contributed by atoms with van der Waals surface area (Å²) in [5, 5.41) is 0.578. The fourth-order valence-corrected chi connectivity index (χ4v) is 4.26. The Morgan fingerprint density at radius 1 is 0.938 bits per heavy atom. The molecule has 0 aliphatic rings. The fraction of sp³-hybridized carbons (Fsp3) is 0.444. The van der Waals surface area contributed by atoms with E-state index >= 15 is 0 Å². The van der Waals surface area contributed by atoms with E-state index in [4.69, 9.17) is 4.98 Å². The van der Waals surface area contributed by atoms with E-state index in [1.165, 1.54) is 25.7 Å². The third kappa shape index (κ3) is 5.45. The molecule has 0 aliphatic heterocycles. The van der Waals surface area contributed by atoms with Crippen molar-refractivity contribution in [1.82, 2.24) is 14.5 Å². The van der Waals surface area contributed by atoms with Crippen LogP contribution in [0.3, 0.4) is 0 Å². The minimum absolute atomic E-state index is 0.108. The molecule has 32 heavy (non-hydrogen) atoms. The summed E-state index contributed by atoms with van der Waals surface area (Å²) in [6.07, 6.45) is 7.43. The van der Waals surface area contributed by atoms with E-state index in [1.807, 2.05) is 67.3 Å². The van der Waals surface area contributed by atoms with E-state index in [1.54, 1.807) is 10.6 Å². The molecule has 0 fully saturated rings. The number of amides is 1. The van der Waals surface area contributed by atoms with Gasteiger partial charge >= 0.3 is 0 Å². The van der Waals surface area contributed by atoms with Gasteiger partial charge < -0.3 is 4.90 Å². The molecule has 5 nitrogen and oxygen atoms in total. The third-order valence-electron chi connectivity index (χ3n) is 6.06. The quantitative estimate of drug-likeness (QED) is 0.346. The van der Waals surface area contributed by atoms with Crippen molar-refractivity contribution >= 4 is 16.8 Å². The first-order valence-electron chi connectivity index (χ1n) is 11.9. The monoisotopic (exact) mass is 433 g/mol. The first-order chi connectivity index (χ1) is 15.6. The van der Waals surface area contributed by atoms with E-state index in [9.17, 15) is 9.59 Å². The second-order valence-electron chi connectivity index (χ2n) is 8.34. The summed E-state index contributed by atoms with van der Waals surface area (Å²) in [7, 11) is 0. The van der Waals surface area contributed by atoms with Gasteiger partial charge in [0.05, 0.1) is 22.6 Å². The van der Waals surface area contributed by atoms with Crippen LogP contribution in [0.5, 0.6) is 0 Å². The van der Waals surface area contributed by atoms with E-state index < -0.39 is 0 Å². The van der Waals surface area contributed by atoms with Gasteiger partial charge in [0.25, 0.3) is 5.56 Å². The van der Waals surface area contributed by atoms with Gasteiger partial charge in [0.2, 0.25) is 5.91 Å². The molecule has 3 aromatic rings. The molecule has 170 valence electrons. The lowest BCUT2D eigenvalue weighted by atomic mass is 10.1. The average Bonchev–Trinajstić information content (AvgIpc) is 2.82. The maximum Gasteiger partial charge on any atom is 0.266 e. The molecule has 0 radical (unpaired) electrons. The molecule has 2 aromatic carbocycles. The number of benzene rings is 2. The van der Waals surface area contributed by atoms with E-state index in [-0.39, 0.29) is 17.5 Å². The summed E-state index contributed by atoms with van der Waals surface area (Å²) >= 11 is 0. The number of hydrogen-bond acceptors (Lipinski definition) is 3. The Hall–Kier alpha value is -2.95. The van der Waals surface area contributed by atoms with Crippen molar-refractivity contribution in [3.8, 4) is 5.69 Å². The molecule has 0 aliphatic carbocycles. The zero-order chi connectivity index (χ0) is 22.9. The summed E-state index contributed by atoms with van der Waals surface area (Å²) in [6.45, 7) is 6.74. The number of carbonyl (C=O) groups is 1. The lowest BCUT2D eigenvalue weighted by Crippen LogP contribution is -2.37. The Bertz CT molecular complexity index is 1080. The summed E-state index contributed by atoms with van der Waals surface area (Å²) in [4.78, 5) is 33.2. The zero-order valence-electron chi connectivity index (χ0n) is 19.6. The molecule has 1 heterocycles. The number of unbranched alkanes of at least 4 members (excludes halogenated alkanes) is 5. The first kappa shape index (κ1) is 23.7. The van der Waals surface area contributed by atoms with Gasteiger partial charge in [-0.3, -0.25) is 14.2 Å². The van der Waals surface area contributed by atoms with Crippen LogP contribution in [-0.4, -0.2) is 26.9 Å². The van der Waals surface area contributed by atoms with Gasteiger partial charge in [-0.05, 0) is 44.5 Å². The Morgan fingerprint density at radius 3 is 2.31 bits per heavy atom.